The van der Waals surface area contributed by atoms with Crippen molar-refractivity contribution >= 4 is 23.8 Å². The number of imidazole rings is 1. The topological polar surface area (TPSA) is 36.9 Å². The molecule has 0 amide bonds. The molecular weight excluding hydrogens is 452 g/mol. The Morgan fingerprint density at radius 3 is 2.63 bits per heavy atom. The first-order valence-electron chi connectivity index (χ1n) is 13.0. The van der Waals surface area contributed by atoms with Crippen molar-refractivity contribution in [3.8, 4) is 11.4 Å². The summed E-state index contributed by atoms with van der Waals surface area (Å²) in [6.07, 6.45) is 13.8. The van der Waals surface area contributed by atoms with Gasteiger partial charge < -0.3 is 9.55 Å². The van der Waals surface area contributed by atoms with E-state index in [0.29, 0.717) is 5.15 Å². The molecule has 35 heavy (non-hydrogen) atoms. The molecule has 0 fully saturated rings. The molecule has 1 aromatic carbocycles. The molecule has 4 nitrogen and oxygen atoms in total. The van der Waals surface area contributed by atoms with Crippen molar-refractivity contribution in [3.63, 3.8) is 0 Å². The fourth-order valence-electron chi connectivity index (χ4n) is 4.60. The number of hydrogen-bond donors (Lipinski definition) is 1. The Balaban J connectivity index is 1.87. The molecule has 0 aliphatic carbocycles. The first-order valence-corrected chi connectivity index (χ1v) is 13.4. The van der Waals surface area contributed by atoms with Gasteiger partial charge >= 0.3 is 0 Å². The molecule has 3 rings (SSSR count). The molecule has 0 bridgehead atoms. The lowest BCUT2D eigenvalue weighted by Gasteiger charge is -2.30. The lowest BCUT2D eigenvalue weighted by Crippen LogP contribution is -2.30. The summed E-state index contributed by atoms with van der Waals surface area (Å²) in [4.78, 5) is 10.7. The number of nitrogens with one attached hydrogen (secondary N) is 1. The zero-order chi connectivity index (χ0) is 25.2. The van der Waals surface area contributed by atoms with Gasteiger partial charge in [-0.3, -0.25) is 4.90 Å². The van der Waals surface area contributed by atoms with Gasteiger partial charge in [-0.2, -0.15) is 0 Å². The Bertz CT molecular complexity index is 1110. The van der Waals surface area contributed by atoms with Crippen molar-refractivity contribution in [1.82, 2.24) is 19.4 Å². The molecule has 0 radical (unpaired) electrons. The Kier molecular flexibility index (Phi) is 10.4. The number of aryl methyl sites for hydroxylation is 1. The van der Waals surface area contributed by atoms with E-state index in [2.05, 4.69) is 85.1 Å². The number of H-pyrrole nitrogens is 1. The number of aromatic nitrogens is 3. The average Bonchev–Trinajstić information content (AvgIpc) is 3.45. The molecule has 1 unspecified atom stereocenters. The number of unbranched alkanes of at least 4 members (excludes halogenated alkanes) is 2. The second-order valence-corrected chi connectivity index (χ2v) is 9.60. The second-order valence-electron chi connectivity index (χ2n) is 9.24. The van der Waals surface area contributed by atoms with E-state index in [-0.39, 0.29) is 6.04 Å². The van der Waals surface area contributed by atoms with Crippen LogP contribution in [-0.2, 0) is 6.54 Å². The molecule has 0 aliphatic rings. The van der Waals surface area contributed by atoms with Gasteiger partial charge in [0.1, 0.15) is 5.82 Å². The highest BCUT2D eigenvalue weighted by molar-refractivity contribution is 6.30. The number of aromatic amines is 1. The quantitative estimate of drug-likeness (QED) is 0.244. The fourth-order valence-corrected chi connectivity index (χ4v) is 4.94. The van der Waals surface area contributed by atoms with E-state index in [1.165, 1.54) is 12.0 Å². The summed E-state index contributed by atoms with van der Waals surface area (Å²) in [5.41, 5.74) is 5.76. The number of benzene rings is 1. The third-order valence-corrected chi connectivity index (χ3v) is 7.00. The van der Waals surface area contributed by atoms with E-state index in [4.69, 9.17) is 16.6 Å². The van der Waals surface area contributed by atoms with Crippen LogP contribution in [0.2, 0.25) is 5.15 Å². The first-order chi connectivity index (χ1) is 17.0. The molecule has 2 heterocycles. The maximum atomic E-state index is 6.88. The maximum Gasteiger partial charge on any atom is 0.152 e. The van der Waals surface area contributed by atoms with E-state index < -0.39 is 0 Å². The summed E-state index contributed by atoms with van der Waals surface area (Å²) in [6.45, 7) is 15.7. The van der Waals surface area contributed by atoms with Crippen LogP contribution in [0.15, 0.2) is 49.2 Å². The Labute approximate surface area is 216 Å². The average molecular weight is 493 g/mol. The minimum atomic E-state index is 0.179. The summed E-state index contributed by atoms with van der Waals surface area (Å²) in [7, 11) is 0. The van der Waals surface area contributed by atoms with Crippen molar-refractivity contribution in [3.05, 3.63) is 76.9 Å². The van der Waals surface area contributed by atoms with Crippen molar-refractivity contribution in [2.24, 2.45) is 0 Å². The summed E-state index contributed by atoms with van der Waals surface area (Å²) in [5, 5.41) is 0.630. The van der Waals surface area contributed by atoms with Crippen LogP contribution in [0.4, 0.5) is 0 Å². The van der Waals surface area contributed by atoms with Gasteiger partial charge in [0.25, 0.3) is 0 Å². The highest BCUT2D eigenvalue weighted by atomic mass is 35.5. The summed E-state index contributed by atoms with van der Waals surface area (Å²) < 4.78 is 2.38. The summed E-state index contributed by atoms with van der Waals surface area (Å²) in [6, 6.07) is 10.7. The van der Waals surface area contributed by atoms with Crippen molar-refractivity contribution < 1.29 is 0 Å². The third-order valence-electron chi connectivity index (χ3n) is 6.73. The fraction of sp³-hybridized carbons (Fsp3) is 0.433. The second kappa shape index (κ2) is 13.5. The molecule has 3 aromatic rings. The lowest BCUT2D eigenvalue weighted by molar-refractivity contribution is 0.203. The van der Waals surface area contributed by atoms with Crippen molar-refractivity contribution in [2.75, 3.05) is 13.1 Å². The van der Waals surface area contributed by atoms with Crippen LogP contribution in [0.25, 0.3) is 23.5 Å². The summed E-state index contributed by atoms with van der Waals surface area (Å²) in [5.74, 6) is 0.988. The van der Waals surface area contributed by atoms with Gasteiger partial charge in [0.2, 0.25) is 0 Å². The Morgan fingerprint density at radius 1 is 1.14 bits per heavy atom. The Morgan fingerprint density at radius 2 is 1.91 bits per heavy atom. The van der Waals surface area contributed by atoms with Gasteiger partial charge in [-0.05, 0) is 62.9 Å². The van der Waals surface area contributed by atoms with E-state index in [1.54, 1.807) is 0 Å². The van der Waals surface area contributed by atoms with E-state index in [0.717, 1.165) is 73.7 Å². The molecule has 0 aliphatic heterocycles. The molecule has 0 spiro atoms. The highest BCUT2D eigenvalue weighted by Crippen LogP contribution is 2.34. The van der Waals surface area contributed by atoms with Gasteiger partial charge in [-0.15, -0.1) is 0 Å². The normalized spacial score (nSPS) is 12.6. The van der Waals surface area contributed by atoms with Gasteiger partial charge in [0, 0.05) is 30.5 Å². The molecule has 2 aromatic heterocycles. The molecule has 1 atom stereocenters. The van der Waals surface area contributed by atoms with Crippen LogP contribution < -0.4 is 0 Å². The van der Waals surface area contributed by atoms with Crippen LogP contribution in [0, 0.1) is 6.92 Å². The third kappa shape index (κ3) is 6.77. The number of rotatable bonds is 14. The van der Waals surface area contributed by atoms with Gasteiger partial charge in [0.05, 0.1) is 11.7 Å². The van der Waals surface area contributed by atoms with E-state index in [9.17, 15) is 0 Å². The molecule has 1 N–H and O–H groups in total. The van der Waals surface area contributed by atoms with E-state index in [1.807, 2.05) is 18.3 Å². The zero-order valence-electron chi connectivity index (χ0n) is 21.9. The number of nitrogens with zero attached hydrogens (tertiary/aromatic N) is 3. The molecule has 5 heteroatoms. The molecule has 188 valence electrons. The Hall–Kier alpha value is -2.56. The monoisotopic (exact) mass is 492 g/mol. The SMILES string of the molecule is C=Cc1cc[nH]c1/C=C\CCN(CCCC)C(C)c1c(Cl)nc(-c2ccccc2C)n1CCCC. The lowest BCUT2D eigenvalue weighted by atomic mass is 10.1. The predicted molar refractivity (Wildman–Crippen MR) is 152 cm³/mol. The molecular formula is C30H41ClN4. The number of hydrogen-bond acceptors (Lipinski definition) is 2. The van der Waals surface area contributed by atoms with Crippen molar-refractivity contribution in [1.29, 1.82) is 0 Å². The smallest absolute Gasteiger partial charge is 0.152 e. The van der Waals surface area contributed by atoms with Crippen LogP contribution in [0.3, 0.4) is 0 Å². The van der Waals surface area contributed by atoms with E-state index >= 15 is 0 Å². The predicted octanol–water partition coefficient (Wildman–Crippen LogP) is 8.55. The highest BCUT2D eigenvalue weighted by Gasteiger charge is 2.26. The van der Waals surface area contributed by atoms with Crippen LogP contribution in [-0.4, -0.2) is 32.5 Å². The van der Waals surface area contributed by atoms with Gasteiger partial charge in [0.15, 0.2) is 5.15 Å². The minimum Gasteiger partial charge on any atom is -0.361 e. The molecule has 0 saturated carbocycles. The van der Waals surface area contributed by atoms with Gasteiger partial charge in [-0.1, -0.05) is 81.3 Å². The van der Waals surface area contributed by atoms with Crippen LogP contribution in [0.5, 0.6) is 0 Å². The number of halogens is 1. The maximum absolute atomic E-state index is 6.88. The van der Waals surface area contributed by atoms with Crippen LogP contribution in [0.1, 0.15) is 81.4 Å². The standard InChI is InChI=1S/C30H41ClN4/c1-6-9-20-34(21-14-13-17-27-25(8-3)18-19-32-27)24(5)28-29(31)33-30(35(28)22-10-7-2)26-16-12-11-15-23(26)4/h8,11-13,15-19,24,32H,3,6-7,9-10,14,20-22H2,1-2,4-5H3/b17-13-. The van der Waals surface area contributed by atoms with Crippen LogP contribution >= 0.6 is 11.6 Å². The van der Waals surface area contributed by atoms with Gasteiger partial charge in [-0.25, -0.2) is 4.98 Å². The van der Waals surface area contributed by atoms with Crippen molar-refractivity contribution in [2.45, 2.75) is 72.4 Å². The molecule has 0 saturated heterocycles. The first kappa shape index (κ1) is 27.0. The largest absolute Gasteiger partial charge is 0.361 e. The zero-order valence-corrected chi connectivity index (χ0v) is 22.6. The summed E-state index contributed by atoms with van der Waals surface area (Å²) >= 11 is 6.88. The minimum absolute atomic E-state index is 0.179.